The summed E-state index contributed by atoms with van der Waals surface area (Å²) in [5.74, 6) is -7.52. The Bertz CT molecular complexity index is 1720. The molecule has 3 heterocycles. The van der Waals surface area contributed by atoms with Gasteiger partial charge in [0.15, 0.2) is 5.78 Å². The summed E-state index contributed by atoms with van der Waals surface area (Å²) >= 11 is 0. The molecule has 3 fully saturated rings. The van der Waals surface area contributed by atoms with Crippen LogP contribution >= 0.6 is 0 Å². The molecule has 13 nitrogen and oxygen atoms in total. The highest BCUT2D eigenvalue weighted by atomic mass is 16.6. The Labute approximate surface area is 382 Å². The molecule has 1 saturated carbocycles. The van der Waals surface area contributed by atoms with Crippen LogP contribution in [0.15, 0.2) is 47.6 Å². The van der Waals surface area contributed by atoms with Crippen LogP contribution in [0, 0.1) is 41.9 Å². The number of hydrogen-bond acceptors (Lipinski definition) is 12. The summed E-state index contributed by atoms with van der Waals surface area (Å²) in [6, 6.07) is -1.11. The lowest BCUT2D eigenvalue weighted by molar-refractivity contribution is -0.265. The summed E-state index contributed by atoms with van der Waals surface area (Å²) < 4.78 is 29.5. The third-order valence-corrected chi connectivity index (χ3v) is 14.2. The summed E-state index contributed by atoms with van der Waals surface area (Å²) in [6.07, 6.45) is 15.5. The first-order chi connectivity index (χ1) is 30.3. The zero-order chi connectivity index (χ0) is 47.3. The highest BCUT2D eigenvalue weighted by Gasteiger charge is 2.53. The minimum atomic E-state index is -2.41. The van der Waals surface area contributed by atoms with Crippen LogP contribution in [0.5, 0.6) is 0 Å². The van der Waals surface area contributed by atoms with Gasteiger partial charge in [-0.05, 0) is 113 Å². The van der Waals surface area contributed by atoms with E-state index in [1.165, 1.54) is 12.0 Å². The average molecular weight is 897 g/mol. The Hall–Kier alpha value is -3.33. The minimum absolute atomic E-state index is 0.00882. The van der Waals surface area contributed by atoms with Crippen molar-refractivity contribution in [3.05, 3.63) is 54.0 Å². The van der Waals surface area contributed by atoms with E-state index in [2.05, 4.69) is 6.42 Å². The van der Waals surface area contributed by atoms with E-state index in [1.54, 1.807) is 41.1 Å². The Morgan fingerprint density at radius 3 is 2.30 bits per heavy atom. The van der Waals surface area contributed by atoms with E-state index in [0.29, 0.717) is 50.5 Å². The molecular formula is C51H78NO12. The maximum absolute atomic E-state index is 14.3. The molecule has 13 heteroatoms. The number of Topliss-reactive ketones (excluding diaryl/α,β-unsaturated/α-hetero) is 3. The summed E-state index contributed by atoms with van der Waals surface area (Å²) in [6.45, 7) is 12.9. The normalized spacial score (nSPS) is 39.7. The van der Waals surface area contributed by atoms with Crippen LogP contribution in [0.2, 0.25) is 0 Å². The Morgan fingerprint density at radius 2 is 1.61 bits per heavy atom. The van der Waals surface area contributed by atoms with Gasteiger partial charge in [-0.2, -0.15) is 0 Å². The lowest BCUT2D eigenvalue weighted by atomic mass is 9.79. The van der Waals surface area contributed by atoms with Gasteiger partial charge in [-0.3, -0.25) is 19.2 Å². The third kappa shape index (κ3) is 14.1. The van der Waals surface area contributed by atoms with Gasteiger partial charge in [-0.25, -0.2) is 4.79 Å². The van der Waals surface area contributed by atoms with Crippen molar-refractivity contribution in [1.29, 1.82) is 0 Å². The van der Waals surface area contributed by atoms with Gasteiger partial charge >= 0.3 is 5.97 Å². The number of aliphatic hydroxyl groups is 2. The van der Waals surface area contributed by atoms with E-state index in [9.17, 15) is 34.2 Å². The maximum atomic E-state index is 14.3. The number of esters is 1. The maximum Gasteiger partial charge on any atom is 0.329 e. The lowest BCUT2D eigenvalue weighted by Crippen LogP contribution is -2.61. The first kappa shape index (κ1) is 53.3. The summed E-state index contributed by atoms with van der Waals surface area (Å²) in [7, 11) is 4.66. The van der Waals surface area contributed by atoms with E-state index < -0.39 is 77.8 Å². The van der Waals surface area contributed by atoms with E-state index in [1.807, 2.05) is 58.1 Å². The van der Waals surface area contributed by atoms with Crippen LogP contribution in [-0.2, 0) is 47.7 Å². The van der Waals surface area contributed by atoms with E-state index in [4.69, 9.17) is 23.7 Å². The molecule has 2 bridgehead atoms. The number of piperidine rings is 1. The number of cyclic esters (lactones) is 1. The predicted molar refractivity (Wildman–Crippen MR) is 243 cm³/mol. The fourth-order valence-electron chi connectivity index (χ4n) is 9.92. The Morgan fingerprint density at radius 1 is 0.875 bits per heavy atom. The standard InChI is InChI=1S/C51H78NO12/c1-31-17-12-11-13-18-32(2)43(61-9)29-40-23-22-37(7)51(59,64-40)48(56)49(57)52-24-15-14-21-41(52)50(58)63-44(34(4)27-38-19-16-20-39(28-38)60-8)30-42(53)33(3)26-36(6)46(55)47(62-10)45(54)35(5)25-31/h11-13,17-18,20,26,31,33-35,37-41,43-44,46-47,55,59H,14-16,19,21-25,27-30H2,1-10H3/b13-11+,17-12+,32-18-,36-26+/t31-,33-,34-,35-,37-,38+,39-,40+,41+,43+,44+,46-,47+,51-/m1/s1. The van der Waals surface area contributed by atoms with Crippen molar-refractivity contribution in [2.24, 2.45) is 35.5 Å². The van der Waals surface area contributed by atoms with E-state index in [-0.39, 0.29) is 54.8 Å². The number of nitrogens with zero attached hydrogens (tertiary/aromatic N) is 1. The number of carbonyl (C=O) groups is 5. The van der Waals surface area contributed by atoms with Crippen molar-refractivity contribution in [3.8, 4) is 0 Å². The van der Waals surface area contributed by atoms with Crippen molar-refractivity contribution in [2.75, 3.05) is 27.9 Å². The van der Waals surface area contributed by atoms with Gasteiger partial charge in [-0.1, -0.05) is 71.1 Å². The smallest absolute Gasteiger partial charge is 0.329 e. The third-order valence-electron chi connectivity index (χ3n) is 14.2. The van der Waals surface area contributed by atoms with Crippen molar-refractivity contribution in [2.45, 2.75) is 174 Å². The van der Waals surface area contributed by atoms with Crippen molar-refractivity contribution in [1.82, 2.24) is 4.90 Å². The second kappa shape index (κ2) is 25.0. The zero-order valence-corrected chi connectivity index (χ0v) is 40.2. The molecule has 4 aliphatic rings. The van der Waals surface area contributed by atoms with Crippen LogP contribution in [0.4, 0.5) is 0 Å². The van der Waals surface area contributed by atoms with Gasteiger partial charge in [0, 0.05) is 58.5 Å². The first-order valence-electron chi connectivity index (χ1n) is 23.7. The van der Waals surface area contributed by atoms with Crippen molar-refractivity contribution >= 4 is 29.2 Å². The molecule has 2 saturated heterocycles. The predicted octanol–water partition coefficient (Wildman–Crippen LogP) is 7.02. The number of ether oxygens (including phenoxy) is 5. The molecular weight excluding hydrogens is 819 g/mol. The number of methoxy groups -OCH3 is 3. The topological polar surface area (TPSA) is 175 Å². The van der Waals surface area contributed by atoms with Crippen LogP contribution in [-0.4, -0.2) is 121 Å². The Balaban J connectivity index is 1.70. The van der Waals surface area contributed by atoms with Crippen LogP contribution in [0.25, 0.3) is 0 Å². The number of carbonyl (C=O) groups excluding carboxylic acids is 5. The molecule has 0 aromatic heterocycles. The largest absolute Gasteiger partial charge is 0.460 e. The van der Waals surface area contributed by atoms with Gasteiger partial charge in [0.2, 0.25) is 5.79 Å². The number of rotatable bonds is 6. The summed E-state index contributed by atoms with van der Waals surface area (Å²) in [5, 5.41) is 23.4. The highest BCUT2D eigenvalue weighted by Crippen LogP contribution is 2.37. The van der Waals surface area contributed by atoms with Gasteiger partial charge in [0.05, 0.1) is 18.3 Å². The number of hydrogen-bond donors (Lipinski definition) is 2. The van der Waals surface area contributed by atoms with Crippen molar-refractivity contribution < 1.29 is 57.9 Å². The van der Waals surface area contributed by atoms with Crippen molar-refractivity contribution in [3.63, 3.8) is 0 Å². The number of aliphatic hydroxyl groups excluding tert-OH is 1. The van der Waals surface area contributed by atoms with Gasteiger partial charge in [0.25, 0.3) is 11.7 Å². The van der Waals surface area contributed by atoms with Gasteiger partial charge in [0.1, 0.15) is 30.1 Å². The van der Waals surface area contributed by atoms with Gasteiger partial charge < -0.3 is 38.8 Å². The molecule has 0 spiro atoms. The fraction of sp³-hybridized carbons (Fsp3) is 0.725. The quantitative estimate of drug-likeness (QED) is 0.159. The van der Waals surface area contributed by atoms with E-state index >= 15 is 0 Å². The molecule has 1 aliphatic carbocycles. The molecule has 2 N–H and O–H groups in total. The van der Waals surface area contributed by atoms with Crippen LogP contribution in [0.3, 0.4) is 0 Å². The molecule has 1 amide bonds. The molecule has 1 radical (unpaired) electrons. The molecule has 0 aromatic rings. The fourth-order valence-corrected chi connectivity index (χ4v) is 9.92. The van der Waals surface area contributed by atoms with Gasteiger partial charge in [-0.15, -0.1) is 0 Å². The zero-order valence-electron chi connectivity index (χ0n) is 40.2. The number of allylic oxidation sites excluding steroid dienone is 6. The summed E-state index contributed by atoms with van der Waals surface area (Å²) in [5.41, 5.74) is 1.30. The summed E-state index contributed by atoms with van der Waals surface area (Å²) in [4.78, 5) is 71.7. The monoisotopic (exact) mass is 897 g/mol. The Kier molecular flexibility index (Phi) is 20.8. The number of fused-ring (bicyclic) bond motifs is 3. The lowest BCUT2D eigenvalue weighted by Gasteiger charge is -2.42. The SMILES string of the molecule is CO[C@@H]1[CH]CC[C@@H](C[C@@H](C)[C@@H]2CC(=O)[C@H](C)/C=C(\C)[C@@H](O)[C@@H](OC)C(=O)[C@H](C)C[C@H](C)/C=C/C=C/C=C(/C)[C@@H](OC)C[C@@H]3CC[C@@H](C)[C@@](O)(O3)C(=O)C(=O)N3CCCC[C@H]3C(=O)O2)C1. The number of ketones is 3. The van der Waals surface area contributed by atoms with Crippen LogP contribution < -0.4 is 0 Å². The first-order valence-corrected chi connectivity index (χ1v) is 23.7. The van der Waals surface area contributed by atoms with Crippen LogP contribution in [0.1, 0.15) is 126 Å². The average Bonchev–Trinajstić information content (AvgIpc) is 3.27. The second-order valence-corrected chi connectivity index (χ2v) is 19.3. The van der Waals surface area contributed by atoms with E-state index in [0.717, 1.165) is 24.8 Å². The second-order valence-electron chi connectivity index (χ2n) is 19.3. The number of amides is 1. The highest BCUT2D eigenvalue weighted by molar-refractivity contribution is 6.39. The molecule has 0 unspecified atom stereocenters. The molecule has 64 heavy (non-hydrogen) atoms. The molecule has 3 aliphatic heterocycles. The minimum Gasteiger partial charge on any atom is -0.460 e. The molecule has 359 valence electrons. The molecule has 4 rings (SSSR count). The molecule has 14 atom stereocenters. The molecule has 0 aromatic carbocycles.